The third-order valence-electron chi connectivity index (χ3n) is 1.09. The van der Waals surface area contributed by atoms with Crippen molar-refractivity contribution in [2.75, 3.05) is 27.7 Å². The summed E-state index contributed by atoms with van der Waals surface area (Å²) in [6.45, 7) is 2.15. The highest BCUT2D eigenvalue weighted by atomic mass is 31.2. The van der Waals surface area contributed by atoms with Crippen molar-refractivity contribution < 1.29 is 23.3 Å². The van der Waals surface area contributed by atoms with Crippen LogP contribution in [0.25, 0.3) is 0 Å². The van der Waals surface area contributed by atoms with Gasteiger partial charge in [-0.3, -0.25) is 4.57 Å². The minimum Gasteiger partial charge on any atom is -0.752 e. The zero-order chi connectivity index (χ0) is 10.5. The molecule has 0 amide bonds. The van der Waals surface area contributed by atoms with Crippen LogP contribution in [0.5, 0.6) is 0 Å². The van der Waals surface area contributed by atoms with E-state index in [4.69, 9.17) is 0 Å². The zero-order valence-corrected chi connectivity index (χ0v) is 9.54. The van der Waals surface area contributed by atoms with Crippen molar-refractivity contribution in [2.24, 2.45) is 0 Å². The molecule has 0 aliphatic rings. The lowest BCUT2D eigenvalue weighted by atomic mass is 10.4. The van der Waals surface area contributed by atoms with Gasteiger partial charge in [0, 0.05) is 0 Å². The van der Waals surface area contributed by atoms with Crippen molar-refractivity contribution in [3.05, 3.63) is 0 Å². The molecule has 0 aromatic heterocycles. The maximum atomic E-state index is 11.1. The molecular weight excluding hydrogens is 193 g/mol. The highest BCUT2D eigenvalue weighted by molar-refractivity contribution is 7.45. The Balaban J connectivity index is 3.88. The maximum Gasteiger partial charge on any atom is 0.325 e. The van der Waals surface area contributed by atoms with E-state index in [1.54, 1.807) is 21.1 Å². The molecule has 6 heteroatoms. The van der Waals surface area contributed by atoms with Gasteiger partial charge in [0.15, 0.2) is 0 Å². The van der Waals surface area contributed by atoms with Crippen LogP contribution in [-0.2, 0) is 13.7 Å². The van der Waals surface area contributed by atoms with E-state index < -0.39 is 7.82 Å². The number of hydroxylamine groups is 3. The van der Waals surface area contributed by atoms with Crippen LogP contribution in [0.4, 0.5) is 0 Å². The Morgan fingerprint density at radius 3 is 2.31 bits per heavy atom. The Labute approximate surface area is 79.4 Å². The molecule has 13 heavy (non-hydrogen) atoms. The molecule has 0 aliphatic heterocycles. The normalized spacial score (nSPS) is 17.0. The standard InChI is InChI=1S/C7H18NO4P/c1-5-6-7-11-13(9,10)12-8(2,3)4/h5-7H2,1-4H3. The number of quaternary nitrogens is 1. The summed E-state index contributed by atoms with van der Waals surface area (Å²) in [5, 5.41) is 0. The molecule has 0 rings (SSSR count). The fourth-order valence-electron chi connectivity index (χ4n) is 0.644. The number of nitrogens with zero attached hydrogens (tertiary/aromatic N) is 1. The van der Waals surface area contributed by atoms with E-state index in [1.165, 1.54) is 0 Å². The Hall–Kier alpha value is 0.0700. The van der Waals surface area contributed by atoms with E-state index in [1.807, 2.05) is 6.92 Å². The molecule has 0 aromatic rings. The second-order valence-electron chi connectivity index (χ2n) is 3.61. The van der Waals surface area contributed by atoms with E-state index in [0.29, 0.717) is 6.42 Å². The second kappa shape index (κ2) is 5.08. The van der Waals surface area contributed by atoms with Gasteiger partial charge < -0.3 is 9.42 Å². The van der Waals surface area contributed by atoms with Crippen LogP contribution in [0.15, 0.2) is 0 Å². The number of phosphoric ester groups is 1. The van der Waals surface area contributed by atoms with Crippen LogP contribution in [0, 0.1) is 0 Å². The minimum absolute atomic E-state index is 0.118. The van der Waals surface area contributed by atoms with Gasteiger partial charge in [0.1, 0.15) is 0 Å². The predicted molar refractivity (Wildman–Crippen MR) is 47.6 cm³/mol. The predicted octanol–water partition coefficient (Wildman–Crippen LogP) is 0.909. The average Bonchev–Trinajstić information content (AvgIpc) is 1.81. The first-order valence-corrected chi connectivity index (χ1v) is 5.71. The van der Waals surface area contributed by atoms with Gasteiger partial charge in [-0.15, -0.1) is 4.62 Å². The monoisotopic (exact) mass is 211 g/mol. The van der Waals surface area contributed by atoms with Crippen LogP contribution < -0.4 is 4.89 Å². The van der Waals surface area contributed by atoms with E-state index in [2.05, 4.69) is 9.15 Å². The van der Waals surface area contributed by atoms with Crippen LogP contribution in [-0.4, -0.2) is 32.4 Å². The van der Waals surface area contributed by atoms with Crippen molar-refractivity contribution in [2.45, 2.75) is 19.8 Å². The summed E-state index contributed by atoms with van der Waals surface area (Å²) in [7, 11) is 0.693. The summed E-state index contributed by atoms with van der Waals surface area (Å²) < 4.78 is 20.3. The molecule has 5 nitrogen and oxygen atoms in total. The molecule has 0 heterocycles. The molecule has 0 spiro atoms. The summed E-state index contributed by atoms with van der Waals surface area (Å²) in [6, 6.07) is 0. The van der Waals surface area contributed by atoms with Crippen LogP contribution in [0.3, 0.4) is 0 Å². The van der Waals surface area contributed by atoms with E-state index in [9.17, 15) is 9.46 Å². The number of hydrogen-bond donors (Lipinski definition) is 0. The smallest absolute Gasteiger partial charge is 0.325 e. The zero-order valence-electron chi connectivity index (χ0n) is 8.65. The Bertz CT molecular complexity index is 189. The number of rotatable bonds is 6. The summed E-state index contributed by atoms with van der Waals surface area (Å²) in [5.41, 5.74) is 0. The molecular formula is C7H18NO4P. The summed E-state index contributed by atoms with van der Waals surface area (Å²) >= 11 is 0. The van der Waals surface area contributed by atoms with Gasteiger partial charge >= 0.3 is 7.82 Å². The van der Waals surface area contributed by atoms with Gasteiger partial charge in [-0.25, -0.2) is 0 Å². The molecule has 1 atom stereocenters. The molecule has 0 N–H and O–H groups in total. The van der Waals surface area contributed by atoms with Gasteiger partial charge in [0.25, 0.3) is 0 Å². The molecule has 0 saturated carbocycles. The van der Waals surface area contributed by atoms with Gasteiger partial charge in [-0.2, -0.15) is 4.65 Å². The van der Waals surface area contributed by atoms with Crippen LogP contribution in [0.1, 0.15) is 19.8 Å². The molecule has 0 aromatic carbocycles. The number of phosphoric acid groups is 1. The molecule has 0 saturated heterocycles. The first-order chi connectivity index (χ1) is 5.77. The second-order valence-corrected chi connectivity index (χ2v) is 4.92. The SMILES string of the molecule is CCCCOP(=O)([O-])O[N+](C)(C)C. The summed E-state index contributed by atoms with van der Waals surface area (Å²) in [4.78, 5) is 11.1. The number of hydrogen-bond acceptors (Lipinski definition) is 4. The molecule has 80 valence electrons. The lowest BCUT2D eigenvalue weighted by molar-refractivity contribution is -1.04. The third kappa shape index (κ3) is 8.40. The van der Waals surface area contributed by atoms with E-state index >= 15 is 0 Å². The topological polar surface area (TPSA) is 58.6 Å². The third-order valence-corrected chi connectivity index (χ3v) is 2.28. The lowest BCUT2D eigenvalue weighted by Gasteiger charge is -2.29. The van der Waals surface area contributed by atoms with Gasteiger partial charge in [-0.05, 0) is 6.42 Å². The fraction of sp³-hybridized carbons (Fsp3) is 1.00. The Morgan fingerprint density at radius 1 is 1.38 bits per heavy atom. The molecule has 0 aliphatic carbocycles. The highest BCUT2D eigenvalue weighted by Gasteiger charge is 2.20. The van der Waals surface area contributed by atoms with Crippen molar-refractivity contribution in [1.82, 2.24) is 0 Å². The van der Waals surface area contributed by atoms with Crippen LogP contribution in [0.2, 0.25) is 0 Å². The van der Waals surface area contributed by atoms with Gasteiger partial charge in [-0.1, -0.05) is 13.3 Å². The fourth-order valence-corrected chi connectivity index (χ4v) is 1.64. The van der Waals surface area contributed by atoms with Crippen LogP contribution >= 0.6 is 7.82 Å². The molecule has 1 unspecified atom stereocenters. The van der Waals surface area contributed by atoms with Crippen molar-refractivity contribution in [3.63, 3.8) is 0 Å². The molecule has 0 bridgehead atoms. The van der Waals surface area contributed by atoms with Gasteiger partial charge in [0.2, 0.25) is 0 Å². The minimum atomic E-state index is -4.12. The maximum absolute atomic E-state index is 11.1. The van der Waals surface area contributed by atoms with Crippen molar-refractivity contribution in [1.29, 1.82) is 0 Å². The Morgan fingerprint density at radius 2 is 1.92 bits per heavy atom. The highest BCUT2D eigenvalue weighted by Crippen LogP contribution is 2.40. The van der Waals surface area contributed by atoms with Gasteiger partial charge in [0.05, 0.1) is 27.7 Å². The quantitative estimate of drug-likeness (QED) is 0.283. The Kier molecular flexibility index (Phi) is 5.10. The largest absolute Gasteiger partial charge is 0.752 e. The lowest BCUT2D eigenvalue weighted by Crippen LogP contribution is -2.35. The molecule has 0 radical (unpaired) electrons. The summed E-state index contributed by atoms with van der Waals surface area (Å²) in [5.74, 6) is 0. The summed E-state index contributed by atoms with van der Waals surface area (Å²) in [6.07, 6.45) is 1.61. The molecule has 0 fully saturated rings. The van der Waals surface area contributed by atoms with E-state index in [-0.39, 0.29) is 11.3 Å². The van der Waals surface area contributed by atoms with Crippen molar-refractivity contribution >= 4 is 7.82 Å². The van der Waals surface area contributed by atoms with Crippen molar-refractivity contribution in [3.8, 4) is 0 Å². The first-order valence-electron chi connectivity index (χ1n) is 4.25. The van der Waals surface area contributed by atoms with E-state index in [0.717, 1.165) is 6.42 Å². The number of unbranched alkanes of at least 4 members (excludes halogenated alkanes) is 1. The average molecular weight is 211 g/mol. The first kappa shape index (κ1) is 13.1.